The Balaban J connectivity index is 1.90. The summed E-state index contributed by atoms with van der Waals surface area (Å²) in [5.74, 6) is 0. The van der Waals surface area contributed by atoms with Crippen LogP contribution in [0, 0.1) is 0 Å². The fourth-order valence-corrected chi connectivity index (χ4v) is 4.40. The Morgan fingerprint density at radius 1 is 0.727 bits per heavy atom. The van der Waals surface area contributed by atoms with E-state index in [0.29, 0.717) is 0 Å². The Kier molecular flexibility index (Phi) is 2.43. The van der Waals surface area contributed by atoms with Gasteiger partial charge in [0.15, 0.2) is 0 Å². The van der Waals surface area contributed by atoms with Gasteiger partial charge in [0.1, 0.15) is 0 Å². The van der Waals surface area contributed by atoms with E-state index in [1.54, 1.807) is 0 Å². The molecule has 1 nitrogen and oxygen atoms in total. The van der Waals surface area contributed by atoms with E-state index in [4.69, 9.17) is 0 Å². The minimum Gasteiger partial charge on any atom is -0.354 e. The lowest BCUT2D eigenvalue weighted by Crippen LogP contribution is -1.68. The molecule has 5 aromatic rings. The van der Waals surface area contributed by atoms with Crippen molar-refractivity contribution in [1.82, 2.24) is 4.98 Å². The molecule has 0 fully saturated rings. The zero-order valence-electron chi connectivity index (χ0n) is 11.8. The van der Waals surface area contributed by atoms with E-state index in [9.17, 15) is 0 Å². The van der Waals surface area contributed by atoms with Crippen molar-refractivity contribution in [2.24, 2.45) is 0 Å². The number of nitrogens with one attached hydrogen (secondary N) is 1. The van der Waals surface area contributed by atoms with Crippen molar-refractivity contribution < 1.29 is 0 Å². The van der Waals surface area contributed by atoms with Gasteiger partial charge in [0, 0.05) is 31.4 Å². The monoisotopic (exact) mass is 299 g/mol. The first-order valence-electron chi connectivity index (χ1n) is 7.38. The van der Waals surface area contributed by atoms with Crippen LogP contribution in [0.5, 0.6) is 0 Å². The number of hydrogen-bond donors (Lipinski definition) is 1. The number of H-pyrrole nitrogens is 1. The fraction of sp³-hybridized carbons (Fsp3) is 0. The molecule has 3 aromatic carbocycles. The molecule has 0 aliphatic carbocycles. The molecule has 0 amide bonds. The van der Waals surface area contributed by atoms with Crippen molar-refractivity contribution >= 4 is 43.2 Å². The number of aromatic nitrogens is 1. The molecule has 0 saturated carbocycles. The van der Waals surface area contributed by atoms with E-state index in [1.165, 1.54) is 42.3 Å². The molecule has 0 unspecified atom stereocenters. The lowest BCUT2D eigenvalue weighted by atomic mass is 10.1. The highest BCUT2D eigenvalue weighted by atomic mass is 32.1. The first-order chi connectivity index (χ1) is 10.9. The lowest BCUT2D eigenvalue weighted by Gasteiger charge is -1.94. The van der Waals surface area contributed by atoms with Crippen LogP contribution in [-0.4, -0.2) is 4.98 Å². The van der Waals surface area contributed by atoms with Gasteiger partial charge in [0.2, 0.25) is 0 Å². The summed E-state index contributed by atoms with van der Waals surface area (Å²) in [6.45, 7) is 0. The molecule has 1 N–H and O–H groups in total. The fourth-order valence-electron chi connectivity index (χ4n) is 3.17. The van der Waals surface area contributed by atoms with Crippen molar-refractivity contribution in [3.8, 4) is 10.4 Å². The zero-order valence-corrected chi connectivity index (χ0v) is 12.7. The quantitative estimate of drug-likeness (QED) is 0.379. The molecule has 0 atom stereocenters. The van der Waals surface area contributed by atoms with E-state index in [2.05, 4.69) is 77.8 Å². The van der Waals surface area contributed by atoms with Gasteiger partial charge in [-0.15, -0.1) is 11.3 Å². The van der Waals surface area contributed by atoms with Crippen LogP contribution < -0.4 is 0 Å². The summed E-state index contributed by atoms with van der Waals surface area (Å²) in [5.41, 5.74) is 3.71. The summed E-state index contributed by atoms with van der Waals surface area (Å²) in [7, 11) is 0. The molecule has 2 heterocycles. The van der Waals surface area contributed by atoms with Crippen LogP contribution in [0.4, 0.5) is 0 Å². The molecule has 0 aliphatic rings. The highest BCUT2D eigenvalue weighted by molar-refractivity contribution is 7.23. The predicted molar refractivity (Wildman–Crippen MR) is 96.6 cm³/mol. The summed E-state index contributed by atoms with van der Waals surface area (Å²) >= 11 is 1.88. The molecular weight excluding hydrogens is 286 g/mol. The van der Waals surface area contributed by atoms with Crippen molar-refractivity contribution in [2.75, 3.05) is 0 Å². The van der Waals surface area contributed by atoms with Gasteiger partial charge in [-0.05, 0) is 29.1 Å². The molecule has 0 spiro atoms. The smallest absolute Gasteiger partial charge is 0.0479 e. The van der Waals surface area contributed by atoms with E-state index in [-0.39, 0.29) is 0 Å². The first kappa shape index (κ1) is 12.0. The Morgan fingerprint density at radius 2 is 1.55 bits per heavy atom. The van der Waals surface area contributed by atoms with Gasteiger partial charge < -0.3 is 4.98 Å². The predicted octanol–water partition coefficient (Wildman–Crippen LogP) is 6.20. The zero-order chi connectivity index (χ0) is 14.5. The second-order valence-corrected chi connectivity index (χ2v) is 6.61. The third kappa shape index (κ3) is 1.65. The number of hydrogen-bond acceptors (Lipinski definition) is 1. The first-order valence-corrected chi connectivity index (χ1v) is 8.20. The summed E-state index contributed by atoms with van der Waals surface area (Å²) < 4.78 is 1.37. The van der Waals surface area contributed by atoms with Gasteiger partial charge in [0.25, 0.3) is 0 Å². The number of fused-ring (bicyclic) bond motifs is 5. The van der Waals surface area contributed by atoms with Crippen LogP contribution in [0.15, 0.2) is 72.8 Å². The summed E-state index contributed by atoms with van der Waals surface area (Å²) in [4.78, 5) is 4.85. The lowest BCUT2D eigenvalue weighted by molar-refractivity contribution is 1.55. The van der Waals surface area contributed by atoms with Gasteiger partial charge in [-0.3, -0.25) is 0 Å². The van der Waals surface area contributed by atoms with Gasteiger partial charge in [-0.25, -0.2) is 0 Å². The third-order valence-electron chi connectivity index (χ3n) is 4.21. The van der Waals surface area contributed by atoms with Crippen LogP contribution in [0.1, 0.15) is 0 Å². The topological polar surface area (TPSA) is 15.8 Å². The van der Waals surface area contributed by atoms with Gasteiger partial charge in [0.05, 0.1) is 0 Å². The average Bonchev–Trinajstić information content (AvgIpc) is 3.16. The highest BCUT2D eigenvalue weighted by Crippen LogP contribution is 2.40. The third-order valence-corrected chi connectivity index (χ3v) is 5.43. The van der Waals surface area contributed by atoms with Crippen LogP contribution in [0.2, 0.25) is 0 Å². The van der Waals surface area contributed by atoms with E-state index >= 15 is 0 Å². The molecule has 2 aromatic heterocycles. The minimum atomic E-state index is 1.21. The van der Waals surface area contributed by atoms with E-state index in [0.717, 1.165) is 0 Å². The molecule has 0 bridgehead atoms. The molecule has 0 radical (unpaired) electrons. The minimum absolute atomic E-state index is 1.21. The molecule has 0 saturated heterocycles. The highest BCUT2D eigenvalue weighted by Gasteiger charge is 2.11. The van der Waals surface area contributed by atoms with Crippen LogP contribution in [0.3, 0.4) is 0 Å². The molecule has 22 heavy (non-hydrogen) atoms. The van der Waals surface area contributed by atoms with Gasteiger partial charge >= 0.3 is 0 Å². The van der Waals surface area contributed by atoms with Crippen LogP contribution in [0.25, 0.3) is 42.3 Å². The maximum Gasteiger partial charge on any atom is 0.0479 e. The van der Waals surface area contributed by atoms with E-state index < -0.39 is 0 Å². The maximum absolute atomic E-state index is 3.53. The van der Waals surface area contributed by atoms with Crippen LogP contribution in [-0.2, 0) is 0 Å². The Morgan fingerprint density at radius 3 is 2.45 bits per heavy atom. The molecule has 104 valence electrons. The van der Waals surface area contributed by atoms with Crippen LogP contribution >= 0.6 is 11.3 Å². The standard InChI is InChI=1S/C20H13NS/c1-2-6-13(7-3-1)18-12-14-10-11-17-19(20(14)22-18)15-8-4-5-9-16(15)21-17/h1-12,21H. The Bertz CT molecular complexity index is 1120. The van der Waals surface area contributed by atoms with Gasteiger partial charge in [-0.1, -0.05) is 54.6 Å². The Hall–Kier alpha value is -2.58. The van der Waals surface area contributed by atoms with Crippen molar-refractivity contribution in [3.05, 3.63) is 72.8 Å². The number of rotatable bonds is 1. The second kappa shape index (κ2) is 4.46. The summed E-state index contributed by atoms with van der Waals surface area (Å²) in [6, 6.07) is 25.9. The number of benzene rings is 3. The average molecular weight is 299 g/mol. The maximum atomic E-state index is 3.53. The summed E-state index contributed by atoms with van der Waals surface area (Å²) in [6.07, 6.45) is 0. The largest absolute Gasteiger partial charge is 0.354 e. The number of para-hydroxylation sites is 1. The van der Waals surface area contributed by atoms with Crippen molar-refractivity contribution in [1.29, 1.82) is 0 Å². The molecule has 0 aliphatic heterocycles. The second-order valence-electron chi connectivity index (χ2n) is 5.55. The van der Waals surface area contributed by atoms with Crippen molar-refractivity contribution in [2.45, 2.75) is 0 Å². The Labute approximate surface area is 131 Å². The van der Waals surface area contributed by atoms with Gasteiger partial charge in [-0.2, -0.15) is 0 Å². The number of aromatic amines is 1. The SMILES string of the molecule is c1ccc(-c2cc3ccc4[nH]c5ccccc5c4c3s2)cc1. The molecular formula is C20H13NS. The molecule has 5 rings (SSSR count). The normalized spacial score (nSPS) is 11.6. The van der Waals surface area contributed by atoms with E-state index in [1.807, 2.05) is 11.3 Å². The van der Waals surface area contributed by atoms with Crippen molar-refractivity contribution in [3.63, 3.8) is 0 Å². The number of thiophene rings is 1. The molecule has 2 heteroatoms. The summed E-state index contributed by atoms with van der Waals surface area (Å²) in [5, 5.41) is 3.98.